The first-order valence-electron chi connectivity index (χ1n) is 11.8. The van der Waals surface area contributed by atoms with E-state index in [-0.39, 0.29) is 17.3 Å². The van der Waals surface area contributed by atoms with Crippen LogP contribution in [0.2, 0.25) is 0 Å². The second-order valence-corrected chi connectivity index (χ2v) is 10.1. The SMILES string of the molecule is CN1C(=O)N(C)[C@]2(c3ccccc3)Nn3c(s/c(=C\c4cccc([N+](=O)[O-])c4)c3=O)=N[C@]12c1ccccc1. The lowest BCUT2D eigenvalue weighted by atomic mass is 9.80. The van der Waals surface area contributed by atoms with Crippen molar-refractivity contribution in [2.24, 2.45) is 4.99 Å². The first kappa shape index (κ1) is 23.6. The van der Waals surface area contributed by atoms with Crippen LogP contribution in [0.3, 0.4) is 0 Å². The molecule has 0 bridgehead atoms. The number of aromatic nitrogens is 1. The van der Waals surface area contributed by atoms with Crippen molar-refractivity contribution in [3.05, 3.63) is 131 Å². The number of nitro groups is 1. The van der Waals surface area contributed by atoms with Gasteiger partial charge in [0.05, 0.1) is 9.46 Å². The molecule has 0 radical (unpaired) electrons. The molecule has 190 valence electrons. The number of nitro benzene ring substituents is 1. The highest BCUT2D eigenvalue weighted by atomic mass is 32.1. The second kappa shape index (κ2) is 8.38. The van der Waals surface area contributed by atoms with E-state index in [2.05, 4.69) is 5.43 Å². The van der Waals surface area contributed by atoms with E-state index in [0.29, 0.717) is 14.9 Å². The number of non-ortho nitro benzene ring substituents is 1. The van der Waals surface area contributed by atoms with E-state index >= 15 is 0 Å². The van der Waals surface area contributed by atoms with Gasteiger partial charge in [0.15, 0.2) is 0 Å². The van der Waals surface area contributed by atoms with Crippen LogP contribution < -0.4 is 20.3 Å². The van der Waals surface area contributed by atoms with Crippen LogP contribution in [0.4, 0.5) is 10.5 Å². The fourth-order valence-corrected chi connectivity index (χ4v) is 6.36. The molecule has 0 aliphatic carbocycles. The van der Waals surface area contributed by atoms with Gasteiger partial charge in [0.2, 0.25) is 16.1 Å². The molecule has 1 aromatic heterocycles. The van der Waals surface area contributed by atoms with Crippen molar-refractivity contribution in [2.75, 3.05) is 19.5 Å². The molecule has 2 aliphatic rings. The van der Waals surface area contributed by atoms with Gasteiger partial charge in [-0.25, -0.2) is 9.79 Å². The van der Waals surface area contributed by atoms with Crippen LogP contribution in [0, 0.1) is 10.1 Å². The first-order chi connectivity index (χ1) is 18.3. The maximum Gasteiger partial charge on any atom is 0.324 e. The Bertz CT molecular complexity index is 1770. The van der Waals surface area contributed by atoms with Crippen LogP contribution in [-0.2, 0) is 11.3 Å². The van der Waals surface area contributed by atoms with Gasteiger partial charge in [0.25, 0.3) is 11.2 Å². The van der Waals surface area contributed by atoms with Crippen LogP contribution in [0.5, 0.6) is 0 Å². The fraction of sp³-hybridized carbons (Fsp3) is 0.148. The second-order valence-electron chi connectivity index (χ2n) is 9.12. The smallest absolute Gasteiger partial charge is 0.295 e. The lowest BCUT2D eigenvalue weighted by molar-refractivity contribution is -0.384. The zero-order valence-electron chi connectivity index (χ0n) is 20.4. The van der Waals surface area contributed by atoms with Crippen LogP contribution in [-0.4, -0.2) is 39.5 Å². The Hall–Kier alpha value is -4.77. The molecule has 0 spiro atoms. The molecule has 10 nitrogen and oxygen atoms in total. The molecule has 0 saturated carbocycles. The molecule has 0 unspecified atom stereocenters. The van der Waals surface area contributed by atoms with Gasteiger partial charge in [0, 0.05) is 37.4 Å². The van der Waals surface area contributed by atoms with Crippen molar-refractivity contribution in [2.45, 2.75) is 11.3 Å². The van der Waals surface area contributed by atoms with Gasteiger partial charge < -0.3 is 0 Å². The van der Waals surface area contributed by atoms with E-state index in [9.17, 15) is 19.7 Å². The summed E-state index contributed by atoms with van der Waals surface area (Å²) in [7, 11) is 3.40. The molecule has 3 heterocycles. The number of amides is 2. The third-order valence-corrected chi connectivity index (χ3v) is 8.12. The predicted molar refractivity (Wildman–Crippen MR) is 143 cm³/mol. The highest BCUT2D eigenvalue weighted by Gasteiger charge is 2.69. The van der Waals surface area contributed by atoms with Crippen molar-refractivity contribution < 1.29 is 9.72 Å². The number of urea groups is 1. The minimum Gasteiger partial charge on any atom is -0.295 e. The van der Waals surface area contributed by atoms with Gasteiger partial charge in [-0.1, -0.05) is 84.1 Å². The molecule has 1 N–H and O–H groups in total. The van der Waals surface area contributed by atoms with Gasteiger partial charge in [-0.15, -0.1) is 0 Å². The molecule has 38 heavy (non-hydrogen) atoms. The molecular formula is C27H22N6O4S. The minimum absolute atomic E-state index is 0.0645. The van der Waals surface area contributed by atoms with E-state index < -0.39 is 16.2 Å². The van der Waals surface area contributed by atoms with Gasteiger partial charge in [-0.3, -0.25) is 30.1 Å². The van der Waals surface area contributed by atoms with Crippen molar-refractivity contribution >= 4 is 29.1 Å². The maximum atomic E-state index is 13.7. The summed E-state index contributed by atoms with van der Waals surface area (Å²) in [4.78, 5) is 46.7. The molecule has 2 amide bonds. The number of thiazole rings is 1. The van der Waals surface area contributed by atoms with Crippen molar-refractivity contribution in [1.82, 2.24) is 14.5 Å². The molecule has 11 heteroatoms. The highest BCUT2D eigenvalue weighted by molar-refractivity contribution is 7.07. The van der Waals surface area contributed by atoms with E-state index in [1.807, 2.05) is 60.7 Å². The van der Waals surface area contributed by atoms with Crippen LogP contribution >= 0.6 is 11.3 Å². The molecule has 1 saturated heterocycles. The molecule has 2 aliphatic heterocycles. The quantitative estimate of drug-likeness (QED) is 0.324. The van der Waals surface area contributed by atoms with Crippen molar-refractivity contribution in [1.29, 1.82) is 0 Å². The van der Waals surface area contributed by atoms with E-state index in [4.69, 9.17) is 4.99 Å². The molecule has 2 atom stereocenters. The average molecular weight is 527 g/mol. The molecule has 1 fully saturated rings. The number of likely N-dealkylation sites (N-methyl/N-ethyl adjacent to an activating group) is 2. The summed E-state index contributed by atoms with van der Waals surface area (Å²) < 4.78 is 1.71. The number of nitrogens with zero attached hydrogens (tertiary/aromatic N) is 5. The van der Waals surface area contributed by atoms with Crippen LogP contribution in [0.1, 0.15) is 16.7 Å². The number of carbonyl (C=O) groups excluding carboxylic acids is 1. The molecular weight excluding hydrogens is 504 g/mol. The Kier molecular flexibility index (Phi) is 5.21. The molecule has 4 aromatic rings. The number of hydrogen-bond acceptors (Lipinski definition) is 7. The van der Waals surface area contributed by atoms with Crippen molar-refractivity contribution in [3.63, 3.8) is 0 Å². The predicted octanol–water partition coefficient (Wildman–Crippen LogP) is 2.53. The third kappa shape index (κ3) is 3.08. The number of nitrogens with one attached hydrogen (secondary N) is 1. The lowest BCUT2D eigenvalue weighted by Crippen LogP contribution is -2.67. The largest absolute Gasteiger partial charge is 0.324 e. The Morgan fingerprint density at radius 2 is 1.58 bits per heavy atom. The average Bonchev–Trinajstić information content (AvgIpc) is 3.33. The summed E-state index contributed by atoms with van der Waals surface area (Å²) in [6, 6.07) is 24.8. The number of fused-ring (bicyclic) bond motifs is 2. The number of carbonyl (C=O) groups is 1. The number of hydrogen-bond donors (Lipinski definition) is 1. The number of benzene rings is 3. The topological polar surface area (TPSA) is 113 Å². The van der Waals surface area contributed by atoms with Gasteiger partial charge >= 0.3 is 6.03 Å². The Balaban J connectivity index is 1.67. The third-order valence-electron chi connectivity index (χ3n) is 7.15. The summed E-state index contributed by atoms with van der Waals surface area (Å²) in [5, 5.41) is 11.2. The summed E-state index contributed by atoms with van der Waals surface area (Å²) in [5.74, 6) is 0. The molecule has 6 rings (SSSR count). The highest BCUT2D eigenvalue weighted by Crippen LogP contribution is 2.53. The van der Waals surface area contributed by atoms with E-state index in [1.54, 1.807) is 42.1 Å². The Morgan fingerprint density at radius 1 is 0.921 bits per heavy atom. The zero-order chi connectivity index (χ0) is 26.7. The Labute approximate surface area is 220 Å². The summed E-state index contributed by atoms with van der Waals surface area (Å²) in [6.07, 6.45) is 1.61. The van der Waals surface area contributed by atoms with Gasteiger partial charge in [0.1, 0.15) is 0 Å². The van der Waals surface area contributed by atoms with Crippen LogP contribution in [0.25, 0.3) is 6.08 Å². The fourth-order valence-electron chi connectivity index (χ4n) is 5.40. The van der Waals surface area contributed by atoms with E-state index in [1.165, 1.54) is 16.8 Å². The van der Waals surface area contributed by atoms with Gasteiger partial charge in [-0.2, -0.15) is 4.68 Å². The Morgan fingerprint density at radius 3 is 2.24 bits per heavy atom. The summed E-state index contributed by atoms with van der Waals surface area (Å²) in [5.41, 5.74) is 2.50. The minimum atomic E-state index is -1.26. The zero-order valence-corrected chi connectivity index (χ0v) is 21.3. The summed E-state index contributed by atoms with van der Waals surface area (Å²) in [6.45, 7) is 0. The maximum absolute atomic E-state index is 13.7. The standard InChI is InChI=1S/C27H22N6O4S/c1-30-25(35)31(2)27(20-13-7-4-8-14-20)26(30,19-11-5-3-6-12-19)28-24-32(29-27)23(34)22(38-24)17-18-10-9-15-21(16-18)33(36)37/h3-17,29H,1-2H3/b22-17-/t26-,27+/m1/s1. The normalized spacial score (nSPS) is 22.5. The van der Waals surface area contributed by atoms with Crippen molar-refractivity contribution in [3.8, 4) is 0 Å². The summed E-state index contributed by atoms with van der Waals surface area (Å²) >= 11 is 1.15. The molecule has 3 aromatic carbocycles. The monoisotopic (exact) mass is 526 g/mol. The lowest BCUT2D eigenvalue weighted by Gasteiger charge is -2.49. The van der Waals surface area contributed by atoms with E-state index in [0.717, 1.165) is 22.5 Å². The number of rotatable bonds is 4. The van der Waals surface area contributed by atoms with Crippen LogP contribution in [0.15, 0.2) is 94.7 Å². The first-order valence-corrected chi connectivity index (χ1v) is 12.6. The van der Waals surface area contributed by atoms with Gasteiger partial charge in [-0.05, 0) is 11.6 Å².